The number of aromatic nitrogens is 1. The molecule has 1 aliphatic rings. The van der Waals surface area contributed by atoms with Crippen LogP contribution in [0.15, 0.2) is 18.3 Å². The lowest BCUT2D eigenvalue weighted by Crippen LogP contribution is -2.21. The molecule has 2 N–H and O–H groups in total. The van der Waals surface area contributed by atoms with Gasteiger partial charge >= 0.3 is 0 Å². The molecule has 2 rings (SSSR count). The van der Waals surface area contributed by atoms with Crippen molar-refractivity contribution in [3.05, 3.63) is 23.9 Å². The molecule has 0 radical (unpaired) electrons. The highest BCUT2D eigenvalue weighted by Crippen LogP contribution is 2.31. The Balaban J connectivity index is 1.90. The van der Waals surface area contributed by atoms with Crippen LogP contribution in [0, 0.1) is 18.8 Å². The molecule has 88 valence electrons. The highest BCUT2D eigenvalue weighted by atomic mass is 16.3. The van der Waals surface area contributed by atoms with Crippen molar-refractivity contribution < 1.29 is 5.11 Å². The minimum Gasteiger partial charge on any atom is -0.396 e. The lowest BCUT2D eigenvalue weighted by Gasteiger charge is -2.18. The van der Waals surface area contributed by atoms with Crippen molar-refractivity contribution in [2.45, 2.75) is 26.2 Å². The summed E-state index contributed by atoms with van der Waals surface area (Å²) >= 11 is 0. The van der Waals surface area contributed by atoms with Gasteiger partial charge in [0.2, 0.25) is 0 Å². The fraction of sp³-hybridized carbons (Fsp3) is 0.615. The Kier molecular flexibility index (Phi) is 3.78. The average Bonchev–Trinajstić information content (AvgIpc) is 2.75. The summed E-state index contributed by atoms with van der Waals surface area (Å²) in [5.41, 5.74) is 1.18. The molecule has 3 nitrogen and oxygen atoms in total. The standard InChI is InChI=1S/C13H20N2O/c1-10-4-3-7-14-13(10)15-8-11-5-2-6-12(11)9-16/h3-4,7,11-12,16H,2,5-6,8-9H2,1H3,(H,14,15). The van der Waals surface area contributed by atoms with Crippen molar-refractivity contribution in [3.63, 3.8) is 0 Å². The Hall–Kier alpha value is -1.09. The second kappa shape index (κ2) is 5.30. The molecular formula is C13H20N2O. The second-order valence-corrected chi connectivity index (χ2v) is 4.68. The molecule has 1 aromatic heterocycles. The first-order valence-electron chi connectivity index (χ1n) is 6.07. The first-order valence-corrected chi connectivity index (χ1v) is 6.07. The number of nitrogens with one attached hydrogen (secondary N) is 1. The van der Waals surface area contributed by atoms with E-state index >= 15 is 0 Å². The van der Waals surface area contributed by atoms with Crippen molar-refractivity contribution in [1.82, 2.24) is 4.98 Å². The third-order valence-electron chi connectivity index (χ3n) is 3.59. The Morgan fingerprint density at radius 1 is 1.44 bits per heavy atom. The second-order valence-electron chi connectivity index (χ2n) is 4.68. The minimum absolute atomic E-state index is 0.327. The fourth-order valence-electron chi connectivity index (χ4n) is 2.52. The summed E-state index contributed by atoms with van der Waals surface area (Å²) in [6.07, 6.45) is 5.46. The van der Waals surface area contributed by atoms with E-state index in [1.807, 2.05) is 12.3 Å². The summed E-state index contributed by atoms with van der Waals surface area (Å²) in [5.74, 6) is 2.06. The molecule has 16 heavy (non-hydrogen) atoms. The third kappa shape index (κ3) is 2.53. The monoisotopic (exact) mass is 220 g/mol. The number of anilines is 1. The van der Waals surface area contributed by atoms with Gasteiger partial charge in [0.15, 0.2) is 0 Å². The van der Waals surface area contributed by atoms with Gasteiger partial charge in [-0.15, -0.1) is 0 Å². The van der Waals surface area contributed by atoms with Crippen molar-refractivity contribution in [1.29, 1.82) is 0 Å². The van der Waals surface area contributed by atoms with Gasteiger partial charge in [-0.2, -0.15) is 0 Å². The number of nitrogens with zero attached hydrogens (tertiary/aromatic N) is 1. The molecule has 1 heterocycles. The smallest absolute Gasteiger partial charge is 0.128 e. The summed E-state index contributed by atoms with van der Waals surface area (Å²) in [6.45, 7) is 3.32. The lowest BCUT2D eigenvalue weighted by molar-refractivity contribution is 0.199. The molecule has 1 aliphatic carbocycles. The molecule has 1 fully saturated rings. The quantitative estimate of drug-likeness (QED) is 0.817. The van der Waals surface area contributed by atoms with Gasteiger partial charge in [0, 0.05) is 19.3 Å². The van der Waals surface area contributed by atoms with Crippen molar-refractivity contribution in [2.24, 2.45) is 11.8 Å². The van der Waals surface area contributed by atoms with Gasteiger partial charge in [-0.3, -0.25) is 0 Å². The molecule has 0 saturated heterocycles. The van der Waals surface area contributed by atoms with Crippen molar-refractivity contribution in [3.8, 4) is 0 Å². The van der Waals surface area contributed by atoms with Gasteiger partial charge in [-0.05, 0) is 43.2 Å². The first-order chi connectivity index (χ1) is 7.81. The van der Waals surface area contributed by atoms with Crippen LogP contribution in [0.2, 0.25) is 0 Å². The Labute approximate surface area is 96.9 Å². The number of hydrogen-bond acceptors (Lipinski definition) is 3. The number of rotatable bonds is 4. The first kappa shape index (κ1) is 11.4. The van der Waals surface area contributed by atoms with E-state index in [-0.39, 0.29) is 0 Å². The highest BCUT2D eigenvalue weighted by molar-refractivity contribution is 5.42. The average molecular weight is 220 g/mol. The summed E-state index contributed by atoms with van der Waals surface area (Å²) in [6, 6.07) is 4.01. The number of hydrogen-bond donors (Lipinski definition) is 2. The maximum Gasteiger partial charge on any atom is 0.128 e. The molecule has 0 bridgehead atoms. The third-order valence-corrected chi connectivity index (χ3v) is 3.59. The summed E-state index contributed by atoms with van der Waals surface area (Å²) in [4.78, 5) is 4.32. The van der Waals surface area contributed by atoms with E-state index in [1.54, 1.807) is 0 Å². The number of aliphatic hydroxyl groups is 1. The van der Waals surface area contributed by atoms with E-state index in [9.17, 15) is 5.11 Å². The number of aryl methyl sites for hydroxylation is 1. The van der Waals surface area contributed by atoms with Gasteiger partial charge in [0.1, 0.15) is 5.82 Å². The molecule has 1 saturated carbocycles. The van der Waals surface area contributed by atoms with Crippen LogP contribution in [0.3, 0.4) is 0 Å². The Bertz CT molecular complexity index is 340. The molecule has 0 aromatic carbocycles. The van der Waals surface area contributed by atoms with Crippen LogP contribution in [0.4, 0.5) is 5.82 Å². The van der Waals surface area contributed by atoms with Gasteiger partial charge in [0.25, 0.3) is 0 Å². The number of aliphatic hydroxyl groups excluding tert-OH is 1. The van der Waals surface area contributed by atoms with Crippen LogP contribution in [-0.2, 0) is 0 Å². The summed E-state index contributed by atoms with van der Waals surface area (Å²) in [7, 11) is 0. The van der Waals surface area contributed by atoms with E-state index < -0.39 is 0 Å². The molecule has 0 amide bonds. The molecule has 2 atom stereocenters. The Morgan fingerprint density at radius 2 is 2.25 bits per heavy atom. The molecule has 3 heteroatoms. The van der Waals surface area contributed by atoms with Crippen LogP contribution in [0.1, 0.15) is 24.8 Å². The molecule has 1 aromatic rings. The van der Waals surface area contributed by atoms with Gasteiger partial charge in [-0.1, -0.05) is 12.5 Å². The fourth-order valence-corrected chi connectivity index (χ4v) is 2.52. The van der Waals surface area contributed by atoms with E-state index in [2.05, 4.69) is 23.3 Å². The van der Waals surface area contributed by atoms with Crippen LogP contribution < -0.4 is 5.32 Å². The molecule has 2 unspecified atom stereocenters. The highest BCUT2D eigenvalue weighted by Gasteiger charge is 2.26. The molecular weight excluding hydrogens is 200 g/mol. The van der Waals surface area contributed by atoms with Crippen molar-refractivity contribution in [2.75, 3.05) is 18.5 Å². The largest absolute Gasteiger partial charge is 0.396 e. The Morgan fingerprint density at radius 3 is 3.00 bits per heavy atom. The van der Waals surface area contributed by atoms with E-state index in [4.69, 9.17) is 0 Å². The van der Waals surface area contributed by atoms with Gasteiger partial charge < -0.3 is 10.4 Å². The van der Waals surface area contributed by atoms with Gasteiger partial charge in [-0.25, -0.2) is 4.98 Å². The lowest BCUT2D eigenvalue weighted by atomic mass is 9.97. The topological polar surface area (TPSA) is 45.2 Å². The SMILES string of the molecule is Cc1cccnc1NCC1CCCC1CO. The van der Waals surface area contributed by atoms with Crippen LogP contribution >= 0.6 is 0 Å². The predicted octanol–water partition coefficient (Wildman–Crippen LogP) is 2.21. The minimum atomic E-state index is 0.327. The van der Waals surface area contributed by atoms with E-state index in [0.29, 0.717) is 18.4 Å². The van der Waals surface area contributed by atoms with Crippen molar-refractivity contribution >= 4 is 5.82 Å². The van der Waals surface area contributed by atoms with E-state index in [0.717, 1.165) is 12.4 Å². The maximum absolute atomic E-state index is 9.24. The van der Waals surface area contributed by atoms with Crippen LogP contribution in [0.5, 0.6) is 0 Å². The van der Waals surface area contributed by atoms with E-state index in [1.165, 1.54) is 24.8 Å². The number of pyridine rings is 1. The summed E-state index contributed by atoms with van der Waals surface area (Å²) in [5, 5.41) is 12.6. The van der Waals surface area contributed by atoms with Crippen LogP contribution in [0.25, 0.3) is 0 Å². The zero-order chi connectivity index (χ0) is 11.4. The molecule has 0 spiro atoms. The zero-order valence-electron chi connectivity index (χ0n) is 9.82. The van der Waals surface area contributed by atoms with Gasteiger partial charge in [0.05, 0.1) is 0 Å². The zero-order valence-corrected chi connectivity index (χ0v) is 9.82. The molecule has 0 aliphatic heterocycles. The normalized spacial score (nSPS) is 24.6. The summed E-state index contributed by atoms with van der Waals surface area (Å²) < 4.78 is 0. The maximum atomic E-state index is 9.24. The van der Waals surface area contributed by atoms with Crippen LogP contribution in [-0.4, -0.2) is 23.2 Å². The predicted molar refractivity (Wildman–Crippen MR) is 65.4 cm³/mol.